The lowest BCUT2D eigenvalue weighted by Crippen LogP contribution is -2.12. The van der Waals surface area contributed by atoms with Crippen molar-refractivity contribution in [1.29, 1.82) is 5.26 Å². The van der Waals surface area contributed by atoms with Gasteiger partial charge in [-0.25, -0.2) is 4.57 Å². The van der Waals surface area contributed by atoms with Crippen LogP contribution in [0, 0.1) is 11.3 Å². The van der Waals surface area contributed by atoms with Crippen LogP contribution in [0.4, 0.5) is 0 Å². The maximum absolute atomic E-state index is 13.7. The van der Waals surface area contributed by atoms with Crippen molar-refractivity contribution in [3.05, 3.63) is 65.2 Å². The Hall–Kier alpha value is -2.01. The molecule has 0 heterocycles. The Labute approximate surface area is 201 Å². The third-order valence-corrected chi connectivity index (χ3v) is 8.34. The molecule has 0 aliphatic heterocycles. The third kappa shape index (κ3) is 8.04. The second-order valence-corrected chi connectivity index (χ2v) is 10.5. The molecule has 0 aromatic heterocycles. The number of phosphoric acid groups is 1. The van der Waals surface area contributed by atoms with Crippen LogP contribution in [0.3, 0.4) is 0 Å². The minimum Gasteiger partial charge on any atom is -0.489 e. The normalized spacial score (nSPS) is 12.8. The topological polar surface area (TPSA) is 113 Å². The number of ether oxygens (including phenoxy) is 1. The van der Waals surface area contributed by atoms with Crippen molar-refractivity contribution in [2.75, 3.05) is 26.4 Å². The van der Waals surface area contributed by atoms with Crippen molar-refractivity contribution in [1.82, 2.24) is 0 Å². The van der Waals surface area contributed by atoms with Gasteiger partial charge in [0.05, 0.1) is 38.1 Å². The highest BCUT2D eigenvalue weighted by molar-refractivity contribution is 7.55. The summed E-state index contributed by atoms with van der Waals surface area (Å²) in [5.41, 5.74) is 1.78. The second kappa shape index (κ2) is 13.8. The fourth-order valence-electron chi connectivity index (χ4n) is 2.97. The van der Waals surface area contributed by atoms with Gasteiger partial charge in [0, 0.05) is 0 Å². The van der Waals surface area contributed by atoms with E-state index in [0.717, 1.165) is 5.56 Å². The van der Waals surface area contributed by atoms with Gasteiger partial charge in [-0.05, 0) is 63.1 Å². The summed E-state index contributed by atoms with van der Waals surface area (Å²) in [5.74, 6) is -0.924. The van der Waals surface area contributed by atoms with Crippen molar-refractivity contribution >= 4 is 15.4 Å². The molecule has 2 rings (SSSR count). The number of phosphoric ester groups is 1. The Kier molecular flexibility index (Phi) is 11.4. The molecule has 1 unspecified atom stereocenters. The van der Waals surface area contributed by atoms with Crippen molar-refractivity contribution in [3.8, 4) is 11.8 Å². The monoisotopic (exact) mass is 511 g/mol. The summed E-state index contributed by atoms with van der Waals surface area (Å²) in [6.07, 6.45) is 0. The molecule has 11 heteroatoms. The van der Waals surface area contributed by atoms with E-state index in [0.29, 0.717) is 16.9 Å². The molecule has 0 saturated carbocycles. The predicted octanol–water partition coefficient (Wildman–Crippen LogP) is 6.60. The summed E-state index contributed by atoms with van der Waals surface area (Å²) in [4.78, 5) is 0. The van der Waals surface area contributed by atoms with Crippen LogP contribution in [-0.2, 0) is 38.4 Å². The van der Waals surface area contributed by atoms with Crippen LogP contribution >= 0.6 is 15.4 Å². The summed E-state index contributed by atoms with van der Waals surface area (Å²) in [6.45, 7) is 7.16. The van der Waals surface area contributed by atoms with Gasteiger partial charge in [-0.3, -0.25) is 18.1 Å². The molecule has 0 spiro atoms. The lowest BCUT2D eigenvalue weighted by molar-refractivity contribution is 0.0891. The third-order valence-electron chi connectivity index (χ3n) is 4.34. The Morgan fingerprint density at radius 1 is 0.853 bits per heavy atom. The highest BCUT2D eigenvalue weighted by Gasteiger charge is 2.44. The van der Waals surface area contributed by atoms with Gasteiger partial charge in [-0.2, -0.15) is 5.26 Å². The molecule has 0 aliphatic carbocycles. The van der Waals surface area contributed by atoms with Crippen LogP contribution in [0.1, 0.15) is 50.2 Å². The highest BCUT2D eigenvalue weighted by Crippen LogP contribution is 2.67. The second-order valence-electron chi connectivity index (χ2n) is 6.79. The largest absolute Gasteiger partial charge is 0.489 e. The average Bonchev–Trinajstić information content (AvgIpc) is 2.82. The van der Waals surface area contributed by atoms with Crippen molar-refractivity contribution in [3.63, 3.8) is 0 Å². The van der Waals surface area contributed by atoms with E-state index in [1.807, 2.05) is 0 Å². The van der Waals surface area contributed by atoms with Crippen LogP contribution in [0.2, 0.25) is 0 Å². The van der Waals surface area contributed by atoms with Gasteiger partial charge in [-0.1, -0.05) is 24.3 Å². The molecule has 0 saturated heterocycles. The van der Waals surface area contributed by atoms with Crippen LogP contribution in [0.5, 0.6) is 5.75 Å². The van der Waals surface area contributed by atoms with Gasteiger partial charge in [0.15, 0.2) is 5.85 Å². The Bertz CT molecular complexity index is 1020. The summed E-state index contributed by atoms with van der Waals surface area (Å²) >= 11 is 0. The van der Waals surface area contributed by atoms with E-state index in [-0.39, 0.29) is 33.0 Å². The fourth-order valence-corrected chi connectivity index (χ4v) is 6.56. The van der Waals surface area contributed by atoms with Crippen LogP contribution in [-0.4, -0.2) is 26.4 Å². The highest BCUT2D eigenvalue weighted by atomic mass is 31.2. The van der Waals surface area contributed by atoms with Crippen LogP contribution in [0.25, 0.3) is 0 Å². The molecule has 0 fully saturated rings. The molecule has 34 heavy (non-hydrogen) atoms. The van der Waals surface area contributed by atoms with E-state index in [4.69, 9.17) is 32.6 Å². The van der Waals surface area contributed by atoms with E-state index >= 15 is 0 Å². The zero-order valence-corrected chi connectivity index (χ0v) is 21.6. The first-order valence-corrected chi connectivity index (χ1v) is 14.1. The molecule has 2 aromatic rings. The van der Waals surface area contributed by atoms with Crippen molar-refractivity contribution in [2.45, 2.75) is 40.1 Å². The smallest absolute Gasteiger partial charge is 0.475 e. The number of nitriles is 1. The lowest BCUT2D eigenvalue weighted by atomic mass is 10.1. The standard InChI is InChI=1S/C23H31NO8P2/c1-5-28-33(25,29-6-2)23(32-34(26,30-7-3)31-8-4)21-10-9-11-22(16-21)27-18-20-14-12-19(17-24)13-15-20/h9-16,23H,5-8,18H2,1-4H3. The van der Waals surface area contributed by atoms with Crippen molar-refractivity contribution < 1.29 is 36.5 Å². The molecule has 186 valence electrons. The molecule has 0 N–H and O–H groups in total. The number of hydrogen-bond donors (Lipinski definition) is 0. The lowest BCUT2D eigenvalue weighted by Gasteiger charge is -2.29. The van der Waals surface area contributed by atoms with E-state index in [2.05, 4.69) is 6.07 Å². The van der Waals surface area contributed by atoms with Crippen LogP contribution < -0.4 is 4.74 Å². The summed E-state index contributed by atoms with van der Waals surface area (Å²) in [7, 11) is -8.01. The summed E-state index contributed by atoms with van der Waals surface area (Å²) in [6, 6.07) is 15.8. The first-order chi connectivity index (χ1) is 16.3. The first kappa shape index (κ1) is 28.2. The quantitative estimate of drug-likeness (QED) is 0.244. The minimum absolute atomic E-state index is 0.0608. The van der Waals surface area contributed by atoms with Crippen molar-refractivity contribution in [2.24, 2.45) is 0 Å². The zero-order valence-electron chi connectivity index (χ0n) is 19.8. The molecular weight excluding hydrogens is 480 g/mol. The molecule has 0 bridgehead atoms. The number of benzene rings is 2. The number of nitrogens with zero attached hydrogens (tertiary/aromatic N) is 1. The van der Waals surface area contributed by atoms with Gasteiger partial charge < -0.3 is 13.8 Å². The minimum atomic E-state index is -4.07. The van der Waals surface area contributed by atoms with E-state index < -0.39 is 21.3 Å². The number of hydrogen-bond acceptors (Lipinski definition) is 9. The Morgan fingerprint density at radius 3 is 1.97 bits per heavy atom. The Morgan fingerprint density at radius 2 is 1.44 bits per heavy atom. The maximum atomic E-state index is 13.7. The average molecular weight is 511 g/mol. The van der Waals surface area contributed by atoms with Gasteiger partial charge >= 0.3 is 15.4 Å². The van der Waals surface area contributed by atoms with E-state index in [1.165, 1.54) is 0 Å². The SMILES string of the molecule is CCOP(=O)(OCC)OC(c1cccc(OCc2ccc(C#N)cc2)c1)P(=O)(OCC)OCC. The molecule has 0 amide bonds. The molecular formula is C23H31NO8P2. The summed E-state index contributed by atoms with van der Waals surface area (Å²) in [5, 5.41) is 8.93. The molecule has 0 radical (unpaired) electrons. The van der Waals surface area contributed by atoms with E-state index in [9.17, 15) is 9.13 Å². The maximum Gasteiger partial charge on any atom is 0.475 e. The Balaban J connectivity index is 2.37. The van der Waals surface area contributed by atoms with Gasteiger partial charge in [-0.15, -0.1) is 0 Å². The molecule has 1 atom stereocenters. The van der Waals surface area contributed by atoms with Gasteiger partial charge in [0.25, 0.3) is 0 Å². The summed E-state index contributed by atoms with van der Waals surface area (Å²) < 4.78 is 59.9. The zero-order chi connectivity index (χ0) is 25.0. The van der Waals surface area contributed by atoms with E-state index in [1.54, 1.807) is 76.2 Å². The first-order valence-electron chi connectivity index (χ1n) is 11.0. The predicted molar refractivity (Wildman–Crippen MR) is 127 cm³/mol. The number of rotatable bonds is 15. The molecule has 2 aromatic carbocycles. The fraction of sp³-hybridized carbons (Fsp3) is 0.435. The van der Waals surface area contributed by atoms with Crippen LogP contribution in [0.15, 0.2) is 48.5 Å². The van der Waals surface area contributed by atoms with Gasteiger partial charge in [0.2, 0.25) is 0 Å². The van der Waals surface area contributed by atoms with Gasteiger partial charge in [0.1, 0.15) is 12.4 Å². The molecule has 0 aliphatic rings. The molecule has 9 nitrogen and oxygen atoms in total.